The minimum absolute atomic E-state index is 0.133. The first-order valence-electron chi connectivity index (χ1n) is 7.40. The Morgan fingerprint density at radius 1 is 1.33 bits per heavy atom. The minimum Gasteiger partial charge on any atom is -0.462 e. The number of nitrogens with zero attached hydrogens (tertiary/aromatic N) is 1. The first-order valence-corrected chi connectivity index (χ1v) is 7.40. The van der Waals surface area contributed by atoms with Crippen LogP contribution in [0.2, 0.25) is 0 Å². The van der Waals surface area contributed by atoms with E-state index in [1.165, 1.54) is 18.3 Å². The van der Waals surface area contributed by atoms with Gasteiger partial charge in [0.1, 0.15) is 11.6 Å². The zero-order chi connectivity index (χ0) is 18.2. The second-order valence-corrected chi connectivity index (χ2v) is 5.61. The van der Waals surface area contributed by atoms with Crippen LogP contribution in [0.1, 0.15) is 31.1 Å². The lowest BCUT2D eigenvalue weighted by Gasteiger charge is -2.22. The van der Waals surface area contributed by atoms with Crippen molar-refractivity contribution < 1.29 is 19.4 Å². The van der Waals surface area contributed by atoms with Crippen molar-refractivity contribution in [2.24, 2.45) is 0 Å². The van der Waals surface area contributed by atoms with Crippen LogP contribution in [0.15, 0.2) is 36.0 Å². The van der Waals surface area contributed by atoms with E-state index in [2.05, 4.69) is 10.6 Å². The normalized spacial score (nSPS) is 11.4. The molecule has 3 N–H and O–H groups in total. The van der Waals surface area contributed by atoms with Crippen molar-refractivity contribution >= 4 is 17.6 Å². The van der Waals surface area contributed by atoms with Crippen molar-refractivity contribution in [1.29, 1.82) is 5.26 Å². The maximum absolute atomic E-state index is 12.1. The summed E-state index contributed by atoms with van der Waals surface area (Å²) in [5.41, 5.74) is 0.0304. The van der Waals surface area contributed by atoms with Gasteiger partial charge in [0.15, 0.2) is 0 Å². The molecule has 0 saturated heterocycles. The van der Waals surface area contributed by atoms with Gasteiger partial charge in [-0.3, -0.25) is 4.79 Å². The molecule has 0 bridgehead atoms. The van der Waals surface area contributed by atoms with Gasteiger partial charge in [-0.05, 0) is 45.0 Å². The van der Waals surface area contributed by atoms with Gasteiger partial charge >= 0.3 is 5.97 Å². The lowest BCUT2D eigenvalue weighted by Crippen LogP contribution is -2.39. The molecule has 0 heterocycles. The van der Waals surface area contributed by atoms with E-state index in [-0.39, 0.29) is 18.8 Å². The second-order valence-electron chi connectivity index (χ2n) is 5.61. The van der Waals surface area contributed by atoms with Gasteiger partial charge in [-0.25, -0.2) is 4.79 Å². The quantitative estimate of drug-likeness (QED) is 0.397. The SMILES string of the molecule is CCOC(=O)c1ccc(NC(=O)/C(C#N)=C\NC(C)(C)CO)cc1. The van der Waals surface area contributed by atoms with E-state index in [0.29, 0.717) is 11.3 Å². The summed E-state index contributed by atoms with van der Waals surface area (Å²) in [4.78, 5) is 23.6. The van der Waals surface area contributed by atoms with E-state index in [4.69, 9.17) is 15.1 Å². The smallest absolute Gasteiger partial charge is 0.338 e. The van der Waals surface area contributed by atoms with Crippen LogP contribution in [0.4, 0.5) is 5.69 Å². The van der Waals surface area contributed by atoms with Crippen LogP contribution < -0.4 is 10.6 Å². The molecule has 0 saturated carbocycles. The van der Waals surface area contributed by atoms with Gasteiger partial charge in [-0.15, -0.1) is 0 Å². The molecule has 0 fully saturated rings. The average molecular weight is 331 g/mol. The van der Waals surface area contributed by atoms with E-state index < -0.39 is 17.4 Å². The van der Waals surface area contributed by atoms with E-state index in [9.17, 15) is 9.59 Å². The molecule has 0 atom stereocenters. The Balaban J connectivity index is 2.77. The Morgan fingerprint density at radius 2 is 1.96 bits per heavy atom. The van der Waals surface area contributed by atoms with Crippen molar-refractivity contribution in [3.63, 3.8) is 0 Å². The summed E-state index contributed by atoms with van der Waals surface area (Å²) in [7, 11) is 0. The predicted octanol–water partition coefficient (Wildman–Crippen LogP) is 1.57. The fraction of sp³-hybridized carbons (Fsp3) is 0.353. The van der Waals surface area contributed by atoms with Crippen LogP contribution in [-0.4, -0.2) is 35.7 Å². The first-order chi connectivity index (χ1) is 11.3. The van der Waals surface area contributed by atoms with Crippen molar-refractivity contribution in [3.05, 3.63) is 41.6 Å². The highest BCUT2D eigenvalue weighted by molar-refractivity contribution is 6.06. The number of rotatable bonds is 7. The minimum atomic E-state index is -0.649. The molecule has 0 aromatic heterocycles. The Hall–Kier alpha value is -2.85. The number of hydrogen-bond donors (Lipinski definition) is 3. The Morgan fingerprint density at radius 3 is 2.46 bits per heavy atom. The molecule has 1 aromatic rings. The van der Waals surface area contributed by atoms with Gasteiger partial charge in [-0.2, -0.15) is 5.26 Å². The number of nitriles is 1. The topological polar surface area (TPSA) is 111 Å². The molecule has 0 aliphatic rings. The fourth-order valence-electron chi connectivity index (χ4n) is 1.56. The number of amides is 1. The molecule has 1 aromatic carbocycles. The van der Waals surface area contributed by atoms with Gasteiger partial charge < -0.3 is 20.5 Å². The number of carbonyl (C=O) groups is 2. The van der Waals surface area contributed by atoms with Crippen molar-refractivity contribution in [1.82, 2.24) is 5.32 Å². The Labute approximate surface area is 140 Å². The Kier molecular flexibility index (Phi) is 6.96. The number of ether oxygens (including phenoxy) is 1. The summed E-state index contributed by atoms with van der Waals surface area (Å²) >= 11 is 0. The summed E-state index contributed by atoms with van der Waals surface area (Å²) in [5, 5.41) is 23.6. The predicted molar refractivity (Wildman–Crippen MR) is 89.0 cm³/mol. The van der Waals surface area contributed by atoms with Gasteiger partial charge in [0.25, 0.3) is 5.91 Å². The summed E-state index contributed by atoms with van der Waals surface area (Å²) in [6.45, 7) is 5.30. The van der Waals surface area contributed by atoms with E-state index >= 15 is 0 Å². The van der Waals surface area contributed by atoms with Gasteiger partial charge in [0, 0.05) is 11.9 Å². The molecule has 1 rings (SSSR count). The summed E-state index contributed by atoms with van der Waals surface area (Å²) in [6, 6.07) is 7.94. The molecule has 0 aliphatic heterocycles. The number of nitrogens with one attached hydrogen (secondary N) is 2. The molecule has 0 spiro atoms. The van der Waals surface area contributed by atoms with Crippen molar-refractivity contribution in [2.75, 3.05) is 18.5 Å². The molecule has 0 radical (unpaired) electrons. The molecule has 7 nitrogen and oxygen atoms in total. The molecule has 1 amide bonds. The van der Waals surface area contributed by atoms with E-state index in [1.807, 2.05) is 0 Å². The lowest BCUT2D eigenvalue weighted by molar-refractivity contribution is -0.112. The molecular weight excluding hydrogens is 310 g/mol. The average Bonchev–Trinajstić information content (AvgIpc) is 2.56. The summed E-state index contributed by atoms with van der Waals surface area (Å²) in [5.74, 6) is -1.04. The summed E-state index contributed by atoms with van der Waals surface area (Å²) in [6.07, 6.45) is 1.26. The standard InChI is InChI=1S/C17H21N3O4/c1-4-24-16(23)12-5-7-14(8-6-12)20-15(22)13(9-18)10-19-17(2,3)11-21/h5-8,10,19,21H,4,11H2,1-3H3,(H,20,22)/b13-10-. The van der Waals surface area contributed by atoms with Crippen LogP contribution in [0.5, 0.6) is 0 Å². The monoisotopic (exact) mass is 331 g/mol. The third-order valence-electron chi connectivity index (χ3n) is 3.02. The number of carbonyl (C=O) groups excluding carboxylic acids is 2. The van der Waals surface area contributed by atoms with Gasteiger partial charge in [0.05, 0.1) is 24.3 Å². The highest BCUT2D eigenvalue weighted by atomic mass is 16.5. The Bertz CT molecular complexity index is 657. The zero-order valence-electron chi connectivity index (χ0n) is 13.9. The van der Waals surface area contributed by atoms with Crippen LogP contribution in [-0.2, 0) is 9.53 Å². The van der Waals surface area contributed by atoms with Crippen LogP contribution in [0.25, 0.3) is 0 Å². The molecule has 24 heavy (non-hydrogen) atoms. The van der Waals surface area contributed by atoms with Crippen LogP contribution in [0.3, 0.4) is 0 Å². The number of esters is 1. The first kappa shape index (κ1) is 19.2. The van der Waals surface area contributed by atoms with E-state index in [1.54, 1.807) is 39.0 Å². The fourth-order valence-corrected chi connectivity index (χ4v) is 1.56. The van der Waals surface area contributed by atoms with Crippen molar-refractivity contribution in [3.8, 4) is 6.07 Å². The van der Waals surface area contributed by atoms with Gasteiger partial charge in [-0.1, -0.05) is 0 Å². The molecule has 0 unspecified atom stereocenters. The summed E-state index contributed by atoms with van der Waals surface area (Å²) < 4.78 is 4.87. The lowest BCUT2D eigenvalue weighted by atomic mass is 10.1. The number of hydrogen-bond acceptors (Lipinski definition) is 6. The number of benzene rings is 1. The third kappa shape index (κ3) is 5.74. The highest BCUT2D eigenvalue weighted by Crippen LogP contribution is 2.12. The van der Waals surface area contributed by atoms with Gasteiger partial charge in [0.2, 0.25) is 0 Å². The highest BCUT2D eigenvalue weighted by Gasteiger charge is 2.16. The number of anilines is 1. The molecule has 7 heteroatoms. The van der Waals surface area contributed by atoms with E-state index in [0.717, 1.165) is 0 Å². The van der Waals surface area contributed by atoms with Crippen LogP contribution >= 0.6 is 0 Å². The number of aliphatic hydroxyl groups excluding tert-OH is 1. The largest absolute Gasteiger partial charge is 0.462 e. The van der Waals surface area contributed by atoms with Crippen LogP contribution in [0, 0.1) is 11.3 Å². The maximum atomic E-state index is 12.1. The molecular formula is C17H21N3O4. The molecule has 0 aliphatic carbocycles. The van der Waals surface area contributed by atoms with Crippen molar-refractivity contribution in [2.45, 2.75) is 26.3 Å². The second kappa shape index (κ2) is 8.70. The molecule has 128 valence electrons. The zero-order valence-corrected chi connectivity index (χ0v) is 13.9. The maximum Gasteiger partial charge on any atom is 0.338 e. The third-order valence-corrected chi connectivity index (χ3v) is 3.02. The number of aliphatic hydroxyl groups is 1.